The number of aryl methyl sites for hydroxylation is 1. The van der Waals surface area contributed by atoms with Crippen LogP contribution in [0.2, 0.25) is 0 Å². The molecule has 0 saturated carbocycles. The van der Waals surface area contributed by atoms with Gasteiger partial charge in [-0.2, -0.15) is 13.2 Å². The second-order valence-corrected chi connectivity index (χ2v) is 9.86. The van der Waals surface area contributed by atoms with Crippen LogP contribution in [-0.4, -0.2) is 0 Å². The standard InChI is InChI=1S/C27H22F3O2S2/c1-18-13-23(11-12-24(18)31)34-16-21-14-25(20-7-9-22(10-8-20)27(28,29)30)32-26(21)17-33-15-19-5-3-2-4-6-19/h2-14H,15-17H2,1H3. The largest absolute Gasteiger partial charge is 0.460 e. The molecule has 0 spiro atoms. The van der Waals surface area contributed by atoms with Gasteiger partial charge in [-0.25, -0.2) is 0 Å². The van der Waals surface area contributed by atoms with Crippen molar-refractivity contribution in [2.75, 3.05) is 0 Å². The Kier molecular flexibility index (Phi) is 7.63. The van der Waals surface area contributed by atoms with E-state index in [4.69, 9.17) is 4.42 Å². The van der Waals surface area contributed by atoms with E-state index in [9.17, 15) is 18.3 Å². The van der Waals surface area contributed by atoms with Crippen LogP contribution in [0.1, 0.15) is 28.0 Å². The van der Waals surface area contributed by atoms with E-state index in [1.807, 2.05) is 30.3 Å². The van der Waals surface area contributed by atoms with E-state index in [1.165, 1.54) is 17.7 Å². The lowest BCUT2D eigenvalue weighted by atomic mass is 10.1. The molecule has 0 N–H and O–H groups in total. The number of halogens is 3. The molecule has 2 nitrogen and oxygen atoms in total. The first-order chi connectivity index (χ1) is 16.3. The first-order valence-electron chi connectivity index (χ1n) is 10.6. The molecule has 0 bridgehead atoms. The number of hydrogen-bond acceptors (Lipinski definition) is 3. The zero-order valence-corrected chi connectivity index (χ0v) is 20.0. The minimum Gasteiger partial charge on any atom is -0.460 e. The van der Waals surface area contributed by atoms with Gasteiger partial charge in [-0.3, -0.25) is 5.11 Å². The van der Waals surface area contributed by atoms with Crippen molar-refractivity contribution in [3.05, 3.63) is 107 Å². The highest BCUT2D eigenvalue weighted by Gasteiger charge is 2.30. The summed E-state index contributed by atoms with van der Waals surface area (Å²) in [6, 6.07) is 22.3. The van der Waals surface area contributed by atoms with Crippen molar-refractivity contribution in [2.45, 2.75) is 35.3 Å². The first-order valence-corrected chi connectivity index (χ1v) is 12.7. The molecule has 1 heterocycles. The van der Waals surface area contributed by atoms with Gasteiger partial charge in [-0.1, -0.05) is 42.5 Å². The Morgan fingerprint density at radius 2 is 1.59 bits per heavy atom. The van der Waals surface area contributed by atoms with Gasteiger partial charge in [-0.05, 0) is 54.4 Å². The van der Waals surface area contributed by atoms with Crippen molar-refractivity contribution >= 4 is 23.5 Å². The van der Waals surface area contributed by atoms with Crippen LogP contribution in [0, 0.1) is 6.92 Å². The molecule has 0 aliphatic heterocycles. The number of rotatable bonds is 8. The van der Waals surface area contributed by atoms with Crippen molar-refractivity contribution in [1.29, 1.82) is 0 Å². The second-order valence-electron chi connectivity index (χ2n) is 7.83. The molecule has 3 aromatic carbocycles. The summed E-state index contributed by atoms with van der Waals surface area (Å²) < 4.78 is 44.9. The third-order valence-electron chi connectivity index (χ3n) is 5.28. The van der Waals surface area contributed by atoms with Gasteiger partial charge < -0.3 is 4.42 Å². The number of hydrogen-bond donors (Lipinski definition) is 0. The highest BCUT2D eigenvalue weighted by Crippen LogP contribution is 2.36. The molecule has 34 heavy (non-hydrogen) atoms. The van der Waals surface area contributed by atoms with Gasteiger partial charge >= 0.3 is 6.18 Å². The van der Waals surface area contributed by atoms with Gasteiger partial charge in [0.15, 0.2) is 5.75 Å². The summed E-state index contributed by atoms with van der Waals surface area (Å²) in [5.74, 6) is 3.46. The Labute approximate surface area is 205 Å². The average molecular weight is 500 g/mol. The lowest BCUT2D eigenvalue weighted by molar-refractivity contribution is -0.137. The second kappa shape index (κ2) is 10.7. The minimum atomic E-state index is -4.37. The van der Waals surface area contributed by atoms with Crippen LogP contribution in [-0.2, 0) is 28.5 Å². The van der Waals surface area contributed by atoms with Gasteiger partial charge in [0, 0.05) is 27.5 Å². The van der Waals surface area contributed by atoms with Crippen molar-refractivity contribution in [3.63, 3.8) is 0 Å². The molecule has 4 rings (SSSR count). The van der Waals surface area contributed by atoms with Crippen LogP contribution < -0.4 is 0 Å². The maximum atomic E-state index is 12.9. The normalized spacial score (nSPS) is 11.6. The van der Waals surface area contributed by atoms with Crippen LogP contribution in [0.3, 0.4) is 0 Å². The monoisotopic (exact) mass is 499 g/mol. The summed E-state index contributed by atoms with van der Waals surface area (Å²) in [4.78, 5) is 0.984. The zero-order valence-electron chi connectivity index (χ0n) is 18.4. The van der Waals surface area contributed by atoms with E-state index in [1.54, 1.807) is 42.6 Å². The molecule has 0 fully saturated rings. The number of thioether (sulfide) groups is 2. The van der Waals surface area contributed by atoms with Crippen LogP contribution >= 0.6 is 23.5 Å². The molecule has 1 aromatic heterocycles. The van der Waals surface area contributed by atoms with E-state index in [0.717, 1.165) is 34.1 Å². The van der Waals surface area contributed by atoms with E-state index in [0.29, 0.717) is 28.4 Å². The van der Waals surface area contributed by atoms with Crippen molar-refractivity contribution in [3.8, 4) is 17.1 Å². The van der Waals surface area contributed by atoms with Crippen molar-refractivity contribution in [2.24, 2.45) is 0 Å². The SMILES string of the molecule is Cc1cc(SCc2cc(-c3ccc(C(F)(F)F)cc3)oc2CSCc2ccccc2)ccc1[O]. The van der Waals surface area contributed by atoms with E-state index < -0.39 is 11.7 Å². The van der Waals surface area contributed by atoms with E-state index >= 15 is 0 Å². The quantitative estimate of drug-likeness (QED) is 0.227. The molecule has 0 aliphatic rings. The van der Waals surface area contributed by atoms with E-state index in [-0.39, 0.29) is 5.75 Å². The molecular formula is C27H22F3O2S2. The van der Waals surface area contributed by atoms with E-state index in [2.05, 4.69) is 12.1 Å². The van der Waals surface area contributed by atoms with Gasteiger partial charge in [0.25, 0.3) is 0 Å². The average Bonchev–Trinajstić information content (AvgIpc) is 3.23. The summed E-state index contributed by atoms with van der Waals surface area (Å²) in [5, 5.41) is 11.7. The lowest BCUT2D eigenvalue weighted by Gasteiger charge is -2.06. The molecule has 175 valence electrons. The van der Waals surface area contributed by atoms with Gasteiger partial charge in [0.05, 0.1) is 11.3 Å². The fraction of sp³-hybridized carbons (Fsp3) is 0.185. The summed E-state index contributed by atoms with van der Waals surface area (Å²) in [6.45, 7) is 1.79. The van der Waals surface area contributed by atoms with Crippen molar-refractivity contribution < 1.29 is 22.7 Å². The molecular weight excluding hydrogens is 477 g/mol. The summed E-state index contributed by atoms with van der Waals surface area (Å²) in [7, 11) is 0. The third kappa shape index (κ3) is 6.21. The zero-order chi connectivity index (χ0) is 24.1. The Morgan fingerprint density at radius 3 is 2.26 bits per heavy atom. The Hall–Kier alpha value is -2.77. The molecule has 7 heteroatoms. The maximum Gasteiger partial charge on any atom is 0.416 e. The predicted octanol–water partition coefficient (Wildman–Crippen LogP) is 9.14. The maximum absolute atomic E-state index is 12.9. The van der Waals surface area contributed by atoms with Crippen LogP contribution in [0.25, 0.3) is 11.3 Å². The molecule has 0 aliphatic carbocycles. The highest BCUT2D eigenvalue weighted by atomic mass is 32.2. The Morgan fingerprint density at radius 1 is 0.853 bits per heavy atom. The van der Waals surface area contributed by atoms with Crippen LogP contribution in [0.5, 0.6) is 5.75 Å². The predicted molar refractivity (Wildman–Crippen MR) is 131 cm³/mol. The topological polar surface area (TPSA) is 33.0 Å². The van der Waals surface area contributed by atoms with Gasteiger partial charge in [0.2, 0.25) is 0 Å². The molecule has 1 radical (unpaired) electrons. The first kappa shape index (κ1) is 24.4. The molecule has 0 atom stereocenters. The molecule has 0 amide bonds. The van der Waals surface area contributed by atoms with Gasteiger partial charge in [0.1, 0.15) is 11.5 Å². The molecule has 4 aromatic rings. The Bertz CT molecular complexity index is 1230. The summed E-state index contributed by atoms with van der Waals surface area (Å²) >= 11 is 3.32. The van der Waals surface area contributed by atoms with Crippen LogP contribution in [0.4, 0.5) is 13.2 Å². The van der Waals surface area contributed by atoms with Crippen molar-refractivity contribution in [1.82, 2.24) is 0 Å². The highest BCUT2D eigenvalue weighted by molar-refractivity contribution is 7.98. The van der Waals surface area contributed by atoms with Crippen LogP contribution in [0.15, 0.2) is 88.2 Å². The molecule has 0 unspecified atom stereocenters. The number of furan rings is 1. The third-order valence-corrected chi connectivity index (χ3v) is 7.33. The molecule has 0 saturated heterocycles. The smallest absolute Gasteiger partial charge is 0.416 e. The fourth-order valence-corrected chi connectivity index (χ4v) is 5.34. The number of alkyl halides is 3. The van der Waals surface area contributed by atoms with Gasteiger partial charge in [-0.15, -0.1) is 23.5 Å². The summed E-state index contributed by atoms with van der Waals surface area (Å²) in [5.41, 5.74) is 2.82. The number of benzene rings is 3. The fourth-order valence-electron chi connectivity index (χ4n) is 3.39. The lowest BCUT2D eigenvalue weighted by Crippen LogP contribution is -2.03. The summed E-state index contributed by atoms with van der Waals surface area (Å²) in [6.07, 6.45) is -4.37. The minimum absolute atomic E-state index is 0.00949. The Balaban J connectivity index is 1.54.